The van der Waals surface area contributed by atoms with Gasteiger partial charge in [0.1, 0.15) is 0 Å². The lowest BCUT2D eigenvalue weighted by Gasteiger charge is -2.20. The van der Waals surface area contributed by atoms with Crippen molar-refractivity contribution in [3.05, 3.63) is 35.4 Å². The first-order chi connectivity index (χ1) is 8.54. The van der Waals surface area contributed by atoms with Crippen LogP contribution in [0, 0.1) is 0 Å². The van der Waals surface area contributed by atoms with E-state index in [4.69, 9.17) is 0 Å². The number of carbonyl (C=O) groups is 1. The average Bonchev–Trinajstić information content (AvgIpc) is 2.36. The monoisotopic (exact) mass is 250 g/mol. The summed E-state index contributed by atoms with van der Waals surface area (Å²) in [6.07, 6.45) is 0. The van der Waals surface area contributed by atoms with Crippen molar-refractivity contribution in [3.8, 4) is 0 Å². The largest absolute Gasteiger partial charge is 0.392 e. The molecule has 0 spiro atoms. The lowest BCUT2D eigenvalue weighted by molar-refractivity contribution is -0.122. The molecular formula is C14H22N2O2. The van der Waals surface area contributed by atoms with Crippen LogP contribution in [0.4, 0.5) is 0 Å². The van der Waals surface area contributed by atoms with E-state index in [1.807, 2.05) is 50.1 Å². The molecule has 1 rings (SSSR count). The number of nitrogens with zero attached hydrogens (tertiary/aromatic N) is 1. The van der Waals surface area contributed by atoms with Crippen LogP contribution in [0.15, 0.2) is 24.3 Å². The Bertz CT molecular complexity index is 391. The number of benzene rings is 1. The van der Waals surface area contributed by atoms with Crippen molar-refractivity contribution < 1.29 is 9.90 Å². The molecule has 0 aliphatic carbocycles. The highest BCUT2D eigenvalue weighted by molar-refractivity contribution is 5.78. The van der Waals surface area contributed by atoms with Crippen molar-refractivity contribution in [2.75, 3.05) is 13.6 Å². The van der Waals surface area contributed by atoms with Crippen LogP contribution in [0.5, 0.6) is 0 Å². The molecule has 0 bridgehead atoms. The van der Waals surface area contributed by atoms with Gasteiger partial charge in [0.25, 0.3) is 0 Å². The van der Waals surface area contributed by atoms with Gasteiger partial charge in [-0.05, 0) is 32.0 Å². The van der Waals surface area contributed by atoms with E-state index in [9.17, 15) is 9.90 Å². The van der Waals surface area contributed by atoms with Gasteiger partial charge in [-0.25, -0.2) is 0 Å². The molecule has 1 aromatic carbocycles. The van der Waals surface area contributed by atoms with Gasteiger partial charge in [0, 0.05) is 12.6 Å². The minimum atomic E-state index is -0.00204. The highest BCUT2D eigenvalue weighted by Gasteiger charge is 2.09. The summed E-state index contributed by atoms with van der Waals surface area (Å²) >= 11 is 0. The van der Waals surface area contributed by atoms with Crippen molar-refractivity contribution in [2.45, 2.75) is 33.0 Å². The van der Waals surface area contributed by atoms with E-state index in [2.05, 4.69) is 5.32 Å². The zero-order valence-electron chi connectivity index (χ0n) is 11.3. The Morgan fingerprint density at radius 3 is 2.50 bits per heavy atom. The molecule has 4 heteroatoms. The van der Waals surface area contributed by atoms with Crippen molar-refractivity contribution in [1.29, 1.82) is 0 Å². The number of hydrogen-bond donors (Lipinski definition) is 2. The second-order valence-electron chi connectivity index (χ2n) is 4.71. The van der Waals surface area contributed by atoms with E-state index in [1.54, 1.807) is 0 Å². The summed E-state index contributed by atoms with van der Waals surface area (Å²) in [6, 6.07) is 7.91. The second kappa shape index (κ2) is 7.13. The molecule has 0 radical (unpaired) electrons. The van der Waals surface area contributed by atoms with Crippen LogP contribution in [-0.2, 0) is 17.9 Å². The number of aliphatic hydroxyl groups excluding tert-OH is 1. The van der Waals surface area contributed by atoms with Crippen LogP contribution in [0.1, 0.15) is 25.0 Å². The van der Waals surface area contributed by atoms with Crippen molar-refractivity contribution in [3.63, 3.8) is 0 Å². The van der Waals surface area contributed by atoms with Gasteiger partial charge in [0.2, 0.25) is 5.91 Å². The summed E-state index contributed by atoms with van der Waals surface area (Å²) in [5.41, 5.74) is 1.82. The van der Waals surface area contributed by atoms with Crippen molar-refractivity contribution in [2.24, 2.45) is 0 Å². The van der Waals surface area contributed by atoms with Crippen molar-refractivity contribution >= 4 is 5.91 Å². The standard InChI is InChI=1S/C14H22N2O2/c1-11(2)16(3)9-14(18)15-8-12-6-4-5-7-13(12)10-17/h4-7,11,17H,8-10H2,1-3H3,(H,15,18). The van der Waals surface area contributed by atoms with Crippen LogP contribution >= 0.6 is 0 Å². The summed E-state index contributed by atoms with van der Waals surface area (Å²) in [5.74, 6) is -0.000979. The summed E-state index contributed by atoms with van der Waals surface area (Å²) in [6.45, 7) is 4.95. The first kappa shape index (κ1) is 14.7. The fourth-order valence-corrected chi connectivity index (χ4v) is 1.54. The lowest BCUT2D eigenvalue weighted by Crippen LogP contribution is -2.38. The Morgan fingerprint density at radius 1 is 1.33 bits per heavy atom. The van der Waals surface area contributed by atoms with E-state index in [1.165, 1.54) is 0 Å². The lowest BCUT2D eigenvalue weighted by atomic mass is 10.1. The van der Waals surface area contributed by atoms with E-state index in [-0.39, 0.29) is 12.5 Å². The fourth-order valence-electron chi connectivity index (χ4n) is 1.54. The molecule has 1 amide bonds. The fraction of sp³-hybridized carbons (Fsp3) is 0.500. The van der Waals surface area contributed by atoms with Gasteiger partial charge in [-0.1, -0.05) is 24.3 Å². The molecule has 0 fully saturated rings. The third kappa shape index (κ3) is 4.47. The predicted molar refractivity (Wildman–Crippen MR) is 72.0 cm³/mol. The molecule has 0 unspecified atom stereocenters. The van der Waals surface area contributed by atoms with Crippen LogP contribution in [0.25, 0.3) is 0 Å². The van der Waals surface area contributed by atoms with Crippen LogP contribution in [0.2, 0.25) is 0 Å². The molecule has 0 heterocycles. The first-order valence-corrected chi connectivity index (χ1v) is 6.19. The first-order valence-electron chi connectivity index (χ1n) is 6.19. The molecule has 100 valence electrons. The number of rotatable bonds is 6. The summed E-state index contributed by atoms with van der Waals surface area (Å²) in [5, 5.41) is 12.0. The van der Waals surface area contributed by atoms with Gasteiger partial charge < -0.3 is 10.4 Å². The molecule has 4 nitrogen and oxygen atoms in total. The van der Waals surface area contributed by atoms with Gasteiger partial charge in [-0.3, -0.25) is 9.69 Å². The van der Waals surface area contributed by atoms with Gasteiger partial charge in [-0.15, -0.1) is 0 Å². The molecule has 0 saturated heterocycles. The highest BCUT2D eigenvalue weighted by Crippen LogP contribution is 2.08. The van der Waals surface area contributed by atoms with Crippen LogP contribution in [-0.4, -0.2) is 35.5 Å². The Kier molecular flexibility index (Phi) is 5.82. The quantitative estimate of drug-likeness (QED) is 0.796. The minimum absolute atomic E-state index is 0.000979. The Morgan fingerprint density at radius 2 is 1.94 bits per heavy atom. The minimum Gasteiger partial charge on any atom is -0.392 e. The molecule has 0 atom stereocenters. The molecule has 0 aliphatic rings. The number of carbonyl (C=O) groups excluding carboxylic acids is 1. The molecule has 0 saturated carbocycles. The zero-order valence-corrected chi connectivity index (χ0v) is 11.3. The Labute approximate surface area is 109 Å². The number of hydrogen-bond acceptors (Lipinski definition) is 3. The zero-order chi connectivity index (χ0) is 13.5. The number of likely N-dealkylation sites (N-methyl/N-ethyl adjacent to an activating group) is 1. The van der Waals surface area contributed by atoms with Gasteiger partial charge in [0.15, 0.2) is 0 Å². The molecule has 2 N–H and O–H groups in total. The topological polar surface area (TPSA) is 52.6 Å². The summed E-state index contributed by atoms with van der Waals surface area (Å²) in [4.78, 5) is 13.7. The predicted octanol–water partition coefficient (Wildman–Crippen LogP) is 1.14. The third-order valence-corrected chi connectivity index (χ3v) is 3.04. The summed E-state index contributed by atoms with van der Waals surface area (Å²) in [7, 11) is 1.92. The summed E-state index contributed by atoms with van der Waals surface area (Å²) < 4.78 is 0. The Balaban J connectivity index is 2.47. The number of amides is 1. The van der Waals surface area contributed by atoms with Crippen molar-refractivity contribution in [1.82, 2.24) is 10.2 Å². The van der Waals surface area contributed by atoms with E-state index < -0.39 is 0 Å². The molecule has 0 aliphatic heterocycles. The second-order valence-corrected chi connectivity index (χ2v) is 4.71. The number of nitrogens with one attached hydrogen (secondary N) is 1. The van der Waals surface area contributed by atoms with Crippen LogP contribution in [0.3, 0.4) is 0 Å². The molecule has 1 aromatic rings. The van der Waals surface area contributed by atoms with E-state index >= 15 is 0 Å². The van der Waals surface area contributed by atoms with Gasteiger partial charge in [0.05, 0.1) is 13.2 Å². The van der Waals surface area contributed by atoms with Gasteiger partial charge >= 0.3 is 0 Å². The maximum Gasteiger partial charge on any atom is 0.234 e. The third-order valence-electron chi connectivity index (χ3n) is 3.04. The van der Waals surface area contributed by atoms with E-state index in [0.29, 0.717) is 19.1 Å². The molecule has 0 aromatic heterocycles. The van der Waals surface area contributed by atoms with E-state index in [0.717, 1.165) is 11.1 Å². The highest BCUT2D eigenvalue weighted by atomic mass is 16.3. The maximum atomic E-state index is 11.7. The average molecular weight is 250 g/mol. The molecule has 18 heavy (non-hydrogen) atoms. The number of aliphatic hydroxyl groups is 1. The van der Waals surface area contributed by atoms with Crippen LogP contribution < -0.4 is 5.32 Å². The normalized spacial score (nSPS) is 11.0. The molecular weight excluding hydrogens is 228 g/mol. The van der Waals surface area contributed by atoms with Gasteiger partial charge in [-0.2, -0.15) is 0 Å². The Hall–Kier alpha value is -1.39. The smallest absolute Gasteiger partial charge is 0.234 e. The SMILES string of the molecule is CC(C)N(C)CC(=O)NCc1ccccc1CO. The maximum absolute atomic E-state index is 11.7.